The zero-order valence-corrected chi connectivity index (χ0v) is 12.3. The first kappa shape index (κ1) is 13.9. The number of hydrogen-bond acceptors (Lipinski definition) is 4. The van der Waals surface area contributed by atoms with Gasteiger partial charge in [-0.3, -0.25) is 4.79 Å². The van der Waals surface area contributed by atoms with Gasteiger partial charge in [-0.05, 0) is 40.5 Å². The predicted molar refractivity (Wildman–Crippen MR) is 75.0 cm³/mol. The Kier molecular flexibility index (Phi) is 4.11. The Morgan fingerprint density at radius 1 is 1.58 bits per heavy atom. The lowest BCUT2D eigenvalue weighted by atomic mass is 10.2. The van der Waals surface area contributed by atoms with Crippen molar-refractivity contribution in [1.82, 2.24) is 14.8 Å². The summed E-state index contributed by atoms with van der Waals surface area (Å²) in [7, 11) is 0. The van der Waals surface area contributed by atoms with Crippen molar-refractivity contribution in [3.63, 3.8) is 0 Å². The maximum Gasteiger partial charge on any atom is 0.348 e. The van der Waals surface area contributed by atoms with Crippen molar-refractivity contribution >= 4 is 33.7 Å². The number of hydrogen-bond donors (Lipinski definition) is 2. The van der Waals surface area contributed by atoms with Crippen molar-refractivity contribution in [2.75, 3.05) is 5.75 Å². The highest BCUT2D eigenvalue weighted by atomic mass is 79.9. The van der Waals surface area contributed by atoms with Crippen LogP contribution in [0.3, 0.4) is 0 Å². The Morgan fingerprint density at radius 2 is 2.32 bits per heavy atom. The van der Waals surface area contributed by atoms with Crippen molar-refractivity contribution in [3.8, 4) is 5.69 Å². The van der Waals surface area contributed by atoms with E-state index in [0.29, 0.717) is 10.8 Å². The number of benzene rings is 1. The van der Waals surface area contributed by atoms with E-state index in [2.05, 4.69) is 26.1 Å². The van der Waals surface area contributed by atoms with E-state index >= 15 is 0 Å². The number of aromatic amines is 1. The highest BCUT2D eigenvalue weighted by Crippen LogP contribution is 2.24. The van der Waals surface area contributed by atoms with Crippen LogP contribution in [0, 0.1) is 6.92 Å². The summed E-state index contributed by atoms with van der Waals surface area (Å²) in [5.74, 6) is -1.12. The molecule has 8 heteroatoms. The summed E-state index contributed by atoms with van der Waals surface area (Å²) in [6.07, 6.45) is 0. The minimum Gasteiger partial charge on any atom is -0.481 e. The van der Waals surface area contributed by atoms with Crippen LogP contribution < -0.4 is 5.69 Å². The van der Waals surface area contributed by atoms with Crippen molar-refractivity contribution < 1.29 is 9.90 Å². The van der Waals surface area contributed by atoms with Gasteiger partial charge in [0.1, 0.15) is 0 Å². The molecule has 0 spiro atoms. The van der Waals surface area contributed by atoms with Gasteiger partial charge in [-0.1, -0.05) is 17.8 Å². The molecule has 0 unspecified atom stereocenters. The summed E-state index contributed by atoms with van der Waals surface area (Å²) in [5, 5.41) is 15.2. The average molecular weight is 344 g/mol. The monoisotopic (exact) mass is 343 g/mol. The minimum absolute atomic E-state index is 0.159. The number of aromatic nitrogens is 3. The Morgan fingerprint density at radius 3 is 2.95 bits per heavy atom. The number of aryl methyl sites for hydroxylation is 1. The van der Waals surface area contributed by atoms with Crippen LogP contribution in [0.1, 0.15) is 5.56 Å². The van der Waals surface area contributed by atoms with E-state index in [1.165, 1.54) is 4.57 Å². The van der Waals surface area contributed by atoms with E-state index in [0.717, 1.165) is 21.8 Å². The van der Waals surface area contributed by atoms with Gasteiger partial charge in [-0.2, -0.15) is 0 Å². The maximum atomic E-state index is 11.8. The molecule has 19 heavy (non-hydrogen) atoms. The normalized spacial score (nSPS) is 10.6. The summed E-state index contributed by atoms with van der Waals surface area (Å²) >= 11 is 4.37. The standard InChI is InChI=1S/C11H10BrN3O3S/c1-6-2-3-8(7(12)4-6)15-10(18)13-14-11(15)19-5-9(16)17/h2-4H,5H2,1H3,(H,13,18)(H,16,17). The summed E-state index contributed by atoms with van der Waals surface area (Å²) in [6, 6.07) is 5.52. The van der Waals surface area contributed by atoms with E-state index < -0.39 is 11.7 Å². The topological polar surface area (TPSA) is 88.0 Å². The lowest BCUT2D eigenvalue weighted by Crippen LogP contribution is -2.16. The first-order valence-electron chi connectivity index (χ1n) is 5.27. The fraction of sp³-hybridized carbons (Fsp3) is 0.182. The van der Waals surface area contributed by atoms with Gasteiger partial charge in [0.05, 0.1) is 11.4 Å². The summed E-state index contributed by atoms with van der Waals surface area (Å²) in [4.78, 5) is 22.4. The maximum absolute atomic E-state index is 11.8. The molecule has 0 amide bonds. The van der Waals surface area contributed by atoms with Crippen molar-refractivity contribution in [2.24, 2.45) is 0 Å². The van der Waals surface area contributed by atoms with Gasteiger partial charge in [-0.25, -0.2) is 14.5 Å². The van der Waals surface area contributed by atoms with Crippen LogP contribution >= 0.6 is 27.7 Å². The van der Waals surface area contributed by atoms with Crippen LogP contribution in [0.5, 0.6) is 0 Å². The molecule has 0 saturated heterocycles. The Hall–Kier alpha value is -1.54. The van der Waals surface area contributed by atoms with Crippen LogP contribution in [-0.2, 0) is 4.79 Å². The second kappa shape index (κ2) is 5.62. The molecule has 2 rings (SSSR count). The molecule has 0 bridgehead atoms. The molecule has 6 nitrogen and oxygen atoms in total. The Labute approximate surface area is 121 Å². The first-order chi connectivity index (χ1) is 8.99. The zero-order valence-electron chi connectivity index (χ0n) is 9.88. The fourth-order valence-corrected chi connectivity index (χ4v) is 2.86. The summed E-state index contributed by atoms with van der Waals surface area (Å²) < 4.78 is 2.09. The third kappa shape index (κ3) is 3.07. The smallest absolute Gasteiger partial charge is 0.348 e. The van der Waals surface area contributed by atoms with E-state index in [9.17, 15) is 9.59 Å². The summed E-state index contributed by atoms with van der Waals surface area (Å²) in [6.45, 7) is 1.94. The molecular weight excluding hydrogens is 334 g/mol. The van der Waals surface area contributed by atoms with Gasteiger partial charge < -0.3 is 5.11 Å². The number of H-pyrrole nitrogens is 1. The Balaban J connectivity index is 2.46. The molecule has 0 fully saturated rings. The number of nitrogens with zero attached hydrogens (tertiary/aromatic N) is 2. The van der Waals surface area contributed by atoms with Crippen LogP contribution in [0.4, 0.5) is 0 Å². The highest BCUT2D eigenvalue weighted by molar-refractivity contribution is 9.10. The lowest BCUT2D eigenvalue weighted by Gasteiger charge is -2.07. The van der Waals surface area contributed by atoms with E-state index in [-0.39, 0.29) is 5.75 Å². The molecule has 0 radical (unpaired) electrons. The molecule has 100 valence electrons. The van der Waals surface area contributed by atoms with Gasteiger partial charge in [0, 0.05) is 4.47 Å². The molecule has 1 aromatic heterocycles. The molecule has 1 aromatic carbocycles. The third-order valence-electron chi connectivity index (χ3n) is 2.31. The van der Waals surface area contributed by atoms with E-state index in [1.54, 1.807) is 6.07 Å². The SMILES string of the molecule is Cc1ccc(-n2c(SCC(=O)O)n[nH]c2=O)c(Br)c1. The largest absolute Gasteiger partial charge is 0.481 e. The zero-order chi connectivity index (χ0) is 14.0. The molecule has 2 N–H and O–H groups in total. The number of nitrogens with one attached hydrogen (secondary N) is 1. The second-order valence-corrected chi connectivity index (χ2v) is 5.58. The van der Waals surface area contributed by atoms with Crippen LogP contribution in [0.25, 0.3) is 5.69 Å². The molecule has 0 atom stereocenters. The van der Waals surface area contributed by atoms with Gasteiger partial charge in [-0.15, -0.1) is 5.10 Å². The predicted octanol–water partition coefficient (Wildman–Crippen LogP) is 1.81. The van der Waals surface area contributed by atoms with Crippen LogP contribution in [0.2, 0.25) is 0 Å². The molecular formula is C11H10BrN3O3S. The van der Waals surface area contributed by atoms with Crippen LogP contribution in [0.15, 0.2) is 32.6 Å². The quantitative estimate of drug-likeness (QED) is 0.826. The fourth-order valence-electron chi connectivity index (χ4n) is 1.51. The van der Waals surface area contributed by atoms with Crippen molar-refractivity contribution in [1.29, 1.82) is 0 Å². The van der Waals surface area contributed by atoms with Gasteiger partial charge in [0.15, 0.2) is 5.16 Å². The third-order valence-corrected chi connectivity index (χ3v) is 3.87. The number of aliphatic carboxylic acids is 1. The number of halogens is 1. The minimum atomic E-state index is -0.963. The van der Waals surface area contributed by atoms with Crippen LogP contribution in [-0.4, -0.2) is 31.6 Å². The van der Waals surface area contributed by atoms with Gasteiger partial charge in [0.2, 0.25) is 0 Å². The van der Waals surface area contributed by atoms with Crippen molar-refractivity contribution in [3.05, 3.63) is 38.7 Å². The van der Waals surface area contributed by atoms with Gasteiger partial charge in [0.25, 0.3) is 0 Å². The molecule has 2 aromatic rings. The van der Waals surface area contributed by atoms with Crippen molar-refractivity contribution in [2.45, 2.75) is 12.1 Å². The first-order valence-corrected chi connectivity index (χ1v) is 7.05. The molecule has 1 heterocycles. The molecule has 0 aliphatic carbocycles. The molecule has 0 aliphatic heterocycles. The average Bonchev–Trinajstić information content (AvgIpc) is 2.68. The number of carboxylic acids is 1. The molecule has 0 saturated carbocycles. The number of carbonyl (C=O) groups is 1. The lowest BCUT2D eigenvalue weighted by molar-refractivity contribution is -0.133. The molecule has 0 aliphatic rings. The number of carboxylic acid groups (broad SMARTS) is 1. The summed E-state index contributed by atoms with van der Waals surface area (Å²) in [5.41, 5.74) is 1.27. The highest BCUT2D eigenvalue weighted by Gasteiger charge is 2.14. The number of rotatable bonds is 4. The number of thioether (sulfide) groups is 1. The van der Waals surface area contributed by atoms with E-state index in [4.69, 9.17) is 5.11 Å². The van der Waals surface area contributed by atoms with Gasteiger partial charge >= 0.3 is 11.7 Å². The van der Waals surface area contributed by atoms with E-state index in [1.807, 2.05) is 19.1 Å². The Bertz CT molecular complexity index is 680. The second-order valence-electron chi connectivity index (χ2n) is 3.78.